The summed E-state index contributed by atoms with van der Waals surface area (Å²) in [5.41, 5.74) is 2.70. The molecule has 1 aromatic carbocycles. The summed E-state index contributed by atoms with van der Waals surface area (Å²) in [6, 6.07) is 8.65. The minimum Gasteiger partial charge on any atom is -0.390 e. The molecule has 4 heterocycles. The highest BCUT2D eigenvalue weighted by atomic mass is 16.5. The van der Waals surface area contributed by atoms with E-state index in [-0.39, 0.29) is 36.5 Å². The molecule has 0 radical (unpaired) electrons. The first-order valence-corrected chi connectivity index (χ1v) is 11.5. The monoisotopic (exact) mass is 428 g/mol. The molecule has 2 bridgehead atoms. The van der Waals surface area contributed by atoms with Gasteiger partial charge in [-0.05, 0) is 30.4 Å². The summed E-state index contributed by atoms with van der Waals surface area (Å²) in [7, 11) is 0. The Bertz CT molecular complexity index is 812. The summed E-state index contributed by atoms with van der Waals surface area (Å²) in [5, 5.41) is 13.2. The Morgan fingerprint density at radius 2 is 1.84 bits per heavy atom. The van der Waals surface area contributed by atoms with Crippen molar-refractivity contribution in [1.82, 2.24) is 20.0 Å². The van der Waals surface area contributed by atoms with E-state index in [0.29, 0.717) is 32.8 Å². The van der Waals surface area contributed by atoms with Crippen molar-refractivity contribution in [2.24, 2.45) is 5.92 Å². The molecule has 8 nitrogen and oxygen atoms in total. The molecule has 3 unspecified atom stereocenters. The third kappa shape index (κ3) is 4.29. The van der Waals surface area contributed by atoms with Crippen LogP contribution in [-0.2, 0) is 22.5 Å². The molecule has 168 valence electrons. The lowest BCUT2D eigenvalue weighted by molar-refractivity contribution is -0.149. The Labute approximate surface area is 183 Å². The molecular weight excluding hydrogens is 396 g/mol. The highest BCUT2D eigenvalue weighted by molar-refractivity contribution is 5.84. The first-order valence-electron chi connectivity index (χ1n) is 11.5. The molecule has 3 amide bonds. The van der Waals surface area contributed by atoms with Crippen LogP contribution < -0.4 is 5.32 Å². The zero-order chi connectivity index (χ0) is 21.4. The molecule has 5 rings (SSSR count). The number of morpholine rings is 1. The number of carbonyl (C=O) groups is 2. The van der Waals surface area contributed by atoms with Crippen LogP contribution >= 0.6 is 0 Å². The zero-order valence-electron chi connectivity index (χ0n) is 17.9. The second-order valence-corrected chi connectivity index (χ2v) is 9.36. The molecule has 2 N–H and O–H groups in total. The Hall–Kier alpha value is -2.16. The van der Waals surface area contributed by atoms with Crippen molar-refractivity contribution in [2.45, 2.75) is 44.0 Å². The Balaban J connectivity index is 1.03. The van der Waals surface area contributed by atoms with Gasteiger partial charge in [-0.25, -0.2) is 4.79 Å². The van der Waals surface area contributed by atoms with Gasteiger partial charge in [-0.1, -0.05) is 24.3 Å². The number of aliphatic hydroxyl groups is 1. The number of fused-ring (bicyclic) bond motifs is 3. The van der Waals surface area contributed by atoms with E-state index >= 15 is 0 Å². The first kappa shape index (κ1) is 20.7. The van der Waals surface area contributed by atoms with Crippen LogP contribution in [0, 0.1) is 5.92 Å². The fourth-order valence-electron chi connectivity index (χ4n) is 5.39. The SMILES string of the molecule is O=C(NCC(O)CN1CCc2ccccc2C1)N1CC(C(=O)N2C3CCC2COC3)C1. The Kier molecular flexibility index (Phi) is 5.86. The Morgan fingerprint density at radius 3 is 2.58 bits per heavy atom. The summed E-state index contributed by atoms with van der Waals surface area (Å²) in [5.74, 6) is 0.0653. The van der Waals surface area contributed by atoms with Crippen LogP contribution in [-0.4, -0.2) is 95.9 Å². The number of ether oxygens (including phenoxy) is 1. The standard InChI is InChI=1S/C23H32N4O4/c28-21(13-25-8-7-16-3-1-2-4-17(16)10-25)9-24-23(30)26-11-18(12-26)22(29)27-19-5-6-20(27)15-31-14-19/h1-4,18-21,28H,5-15H2,(H,24,30). The second-order valence-electron chi connectivity index (χ2n) is 9.36. The molecule has 31 heavy (non-hydrogen) atoms. The number of amides is 3. The molecule has 0 saturated carbocycles. The smallest absolute Gasteiger partial charge is 0.317 e. The summed E-state index contributed by atoms with van der Waals surface area (Å²) >= 11 is 0. The largest absolute Gasteiger partial charge is 0.390 e. The minimum atomic E-state index is -0.614. The first-order chi connectivity index (χ1) is 15.1. The maximum atomic E-state index is 12.9. The van der Waals surface area contributed by atoms with Gasteiger partial charge in [0.25, 0.3) is 0 Å². The maximum absolute atomic E-state index is 12.9. The van der Waals surface area contributed by atoms with Gasteiger partial charge in [-0.15, -0.1) is 0 Å². The van der Waals surface area contributed by atoms with Crippen LogP contribution in [0.15, 0.2) is 24.3 Å². The van der Waals surface area contributed by atoms with Gasteiger partial charge in [0.1, 0.15) is 0 Å². The molecule has 4 aliphatic rings. The van der Waals surface area contributed by atoms with Gasteiger partial charge in [-0.3, -0.25) is 9.69 Å². The number of likely N-dealkylation sites (tertiary alicyclic amines) is 1. The average Bonchev–Trinajstić information content (AvgIpc) is 2.99. The summed E-state index contributed by atoms with van der Waals surface area (Å²) in [6.07, 6.45) is 2.42. The number of nitrogens with one attached hydrogen (secondary N) is 1. The molecule has 4 aliphatic heterocycles. The van der Waals surface area contributed by atoms with Crippen LogP contribution in [0.5, 0.6) is 0 Å². The number of nitrogens with zero attached hydrogens (tertiary/aromatic N) is 3. The maximum Gasteiger partial charge on any atom is 0.317 e. The fourth-order valence-corrected chi connectivity index (χ4v) is 5.39. The third-order valence-corrected chi connectivity index (χ3v) is 7.18. The lowest BCUT2D eigenvalue weighted by Gasteiger charge is -2.43. The number of benzene rings is 1. The fraction of sp³-hybridized carbons (Fsp3) is 0.652. The normalized spacial score (nSPS) is 26.9. The van der Waals surface area contributed by atoms with Gasteiger partial charge >= 0.3 is 6.03 Å². The summed E-state index contributed by atoms with van der Waals surface area (Å²) in [4.78, 5) is 31.2. The molecular formula is C23H32N4O4. The van der Waals surface area contributed by atoms with Gasteiger partial charge in [0.05, 0.1) is 37.3 Å². The van der Waals surface area contributed by atoms with Crippen molar-refractivity contribution in [2.75, 3.05) is 45.9 Å². The number of urea groups is 1. The van der Waals surface area contributed by atoms with E-state index in [1.165, 1.54) is 11.1 Å². The van der Waals surface area contributed by atoms with Gasteiger partial charge in [-0.2, -0.15) is 0 Å². The van der Waals surface area contributed by atoms with Crippen molar-refractivity contribution < 1.29 is 19.4 Å². The van der Waals surface area contributed by atoms with Crippen LogP contribution in [0.3, 0.4) is 0 Å². The topological polar surface area (TPSA) is 85.3 Å². The van der Waals surface area contributed by atoms with E-state index in [9.17, 15) is 14.7 Å². The number of rotatable bonds is 5. The third-order valence-electron chi connectivity index (χ3n) is 7.18. The molecule has 0 aromatic heterocycles. The molecule has 0 spiro atoms. The van der Waals surface area contributed by atoms with Crippen LogP contribution in [0.4, 0.5) is 4.79 Å². The predicted molar refractivity (Wildman–Crippen MR) is 114 cm³/mol. The molecule has 3 saturated heterocycles. The lowest BCUT2D eigenvalue weighted by atomic mass is 9.97. The van der Waals surface area contributed by atoms with Crippen LogP contribution in [0.1, 0.15) is 24.0 Å². The van der Waals surface area contributed by atoms with Crippen LogP contribution in [0.2, 0.25) is 0 Å². The van der Waals surface area contributed by atoms with Crippen LogP contribution in [0.25, 0.3) is 0 Å². The van der Waals surface area contributed by atoms with Gasteiger partial charge in [0.2, 0.25) is 5.91 Å². The number of carbonyl (C=O) groups excluding carboxylic acids is 2. The summed E-state index contributed by atoms with van der Waals surface area (Å²) in [6.45, 7) is 4.71. The molecule has 8 heteroatoms. The Morgan fingerprint density at radius 1 is 1.13 bits per heavy atom. The molecule has 0 aliphatic carbocycles. The molecule has 1 aromatic rings. The lowest BCUT2D eigenvalue weighted by Crippen LogP contribution is -2.62. The average molecular weight is 429 g/mol. The van der Waals surface area contributed by atoms with E-state index in [2.05, 4.69) is 28.4 Å². The highest BCUT2D eigenvalue weighted by Crippen LogP contribution is 2.32. The number of hydrogen-bond donors (Lipinski definition) is 2. The van der Waals surface area contributed by atoms with E-state index < -0.39 is 6.10 Å². The zero-order valence-corrected chi connectivity index (χ0v) is 17.9. The van der Waals surface area contributed by atoms with E-state index in [1.807, 2.05) is 11.0 Å². The van der Waals surface area contributed by atoms with E-state index in [0.717, 1.165) is 32.4 Å². The molecule has 3 atom stereocenters. The number of β-amino-alcohol motifs (C(OH)–C–C–N with tert-alkyl or cyclic N) is 1. The second kappa shape index (κ2) is 8.76. The van der Waals surface area contributed by atoms with Crippen molar-refractivity contribution >= 4 is 11.9 Å². The van der Waals surface area contributed by atoms with Crippen molar-refractivity contribution in [3.63, 3.8) is 0 Å². The van der Waals surface area contributed by atoms with Gasteiger partial charge < -0.3 is 25.0 Å². The predicted octanol–water partition coefficient (Wildman–Crippen LogP) is 0.437. The number of aliphatic hydroxyl groups excluding tert-OH is 1. The van der Waals surface area contributed by atoms with Crippen molar-refractivity contribution in [3.8, 4) is 0 Å². The highest BCUT2D eigenvalue weighted by Gasteiger charge is 2.46. The van der Waals surface area contributed by atoms with E-state index in [1.54, 1.807) is 4.90 Å². The van der Waals surface area contributed by atoms with Crippen molar-refractivity contribution in [3.05, 3.63) is 35.4 Å². The van der Waals surface area contributed by atoms with E-state index in [4.69, 9.17) is 4.74 Å². The van der Waals surface area contributed by atoms with Crippen molar-refractivity contribution in [1.29, 1.82) is 0 Å². The quantitative estimate of drug-likeness (QED) is 0.711. The van der Waals surface area contributed by atoms with Gasteiger partial charge in [0, 0.05) is 39.3 Å². The molecule has 3 fully saturated rings. The van der Waals surface area contributed by atoms with Gasteiger partial charge in [0.15, 0.2) is 0 Å². The number of hydrogen-bond acceptors (Lipinski definition) is 5. The minimum absolute atomic E-state index is 0.106. The summed E-state index contributed by atoms with van der Waals surface area (Å²) < 4.78 is 5.56.